The van der Waals surface area contributed by atoms with Crippen LogP contribution >= 0.6 is 0 Å². The summed E-state index contributed by atoms with van der Waals surface area (Å²) in [5.41, 5.74) is 6.10. The highest BCUT2D eigenvalue weighted by Crippen LogP contribution is 2.37. The molecule has 1 unspecified atom stereocenters. The van der Waals surface area contributed by atoms with E-state index in [4.69, 9.17) is 24.3 Å². The highest BCUT2D eigenvalue weighted by Gasteiger charge is 2.26. The number of ether oxygens (including phenoxy) is 3. The smallest absolute Gasteiger partial charge is 0.304 e. The number of carbonyl (C=O) groups is 1. The van der Waals surface area contributed by atoms with Gasteiger partial charge in [-0.3, -0.25) is 4.79 Å². The second-order valence-electron chi connectivity index (χ2n) is 10.2. The van der Waals surface area contributed by atoms with Gasteiger partial charge in [-0.05, 0) is 74.7 Å². The Morgan fingerprint density at radius 3 is 2.59 bits per heavy atom. The summed E-state index contributed by atoms with van der Waals surface area (Å²) in [6, 6.07) is 15.9. The molecule has 7 nitrogen and oxygen atoms in total. The van der Waals surface area contributed by atoms with Crippen LogP contribution in [0.5, 0.6) is 17.4 Å². The van der Waals surface area contributed by atoms with Gasteiger partial charge in [-0.1, -0.05) is 18.2 Å². The fraction of sp³-hybridized carbons (Fsp3) is 0.400. The van der Waals surface area contributed by atoms with Crippen LogP contribution in [0, 0.1) is 13.8 Å². The van der Waals surface area contributed by atoms with Gasteiger partial charge < -0.3 is 24.2 Å². The fourth-order valence-corrected chi connectivity index (χ4v) is 5.27. The number of aryl methyl sites for hydroxylation is 2. The van der Waals surface area contributed by atoms with E-state index < -0.39 is 5.97 Å². The molecule has 2 aromatic carbocycles. The lowest BCUT2D eigenvalue weighted by atomic mass is 9.97. The first-order valence-corrected chi connectivity index (χ1v) is 12.9. The van der Waals surface area contributed by atoms with Crippen molar-refractivity contribution in [3.8, 4) is 28.6 Å². The van der Waals surface area contributed by atoms with Crippen molar-refractivity contribution >= 4 is 5.97 Å². The third-order valence-corrected chi connectivity index (χ3v) is 7.22. The molecule has 0 saturated carbocycles. The number of likely N-dealkylation sites (tertiary alicyclic amines) is 1. The van der Waals surface area contributed by atoms with Gasteiger partial charge in [0.15, 0.2) is 0 Å². The predicted molar refractivity (Wildman–Crippen MR) is 142 cm³/mol. The van der Waals surface area contributed by atoms with Crippen molar-refractivity contribution in [2.24, 2.45) is 0 Å². The standard InChI is InChI=1S/C30H34N2O5/c1-19-13-24(37-23-9-11-32(3)12-10-23)14-20(2)30(19)26-5-4-6-28(31-26)36-17-21-7-8-25-22(16-29(33)34)18-35-27(25)15-21/h4-8,13-15,22-23H,9-12,16-18H2,1-3H3,(H,33,34). The third-order valence-electron chi connectivity index (χ3n) is 7.22. The molecule has 1 fully saturated rings. The number of carboxylic acid groups (broad SMARTS) is 1. The van der Waals surface area contributed by atoms with E-state index in [1.165, 1.54) is 0 Å². The van der Waals surface area contributed by atoms with E-state index >= 15 is 0 Å². The van der Waals surface area contributed by atoms with Crippen molar-refractivity contribution < 1.29 is 24.1 Å². The predicted octanol–water partition coefficient (Wildman–Crippen LogP) is 5.37. The molecule has 1 saturated heterocycles. The molecule has 5 rings (SSSR count). The van der Waals surface area contributed by atoms with E-state index in [0.29, 0.717) is 19.1 Å². The molecular formula is C30H34N2O5. The Labute approximate surface area is 218 Å². The van der Waals surface area contributed by atoms with Gasteiger partial charge in [0.25, 0.3) is 0 Å². The second-order valence-corrected chi connectivity index (χ2v) is 10.2. The molecule has 1 atom stereocenters. The number of aromatic nitrogens is 1. The maximum Gasteiger partial charge on any atom is 0.304 e. The molecule has 2 aliphatic rings. The summed E-state index contributed by atoms with van der Waals surface area (Å²) < 4.78 is 18.1. The van der Waals surface area contributed by atoms with Crippen LogP contribution in [0.15, 0.2) is 48.5 Å². The first-order valence-electron chi connectivity index (χ1n) is 12.9. The van der Waals surface area contributed by atoms with Crippen molar-refractivity contribution in [3.63, 3.8) is 0 Å². The number of hydrogen-bond donors (Lipinski definition) is 1. The SMILES string of the molecule is Cc1cc(OC2CCN(C)CC2)cc(C)c1-c1cccc(OCc2ccc3c(c2)OCC3CC(=O)O)n1. The Morgan fingerprint density at radius 2 is 1.86 bits per heavy atom. The van der Waals surface area contributed by atoms with E-state index in [-0.39, 0.29) is 18.4 Å². The molecule has 1 aromatic heterocycles. The molecule has 0 spiro atoms. The van der Waals surface area contributed by atoms with Crippen LogP contribution in [-0.4, -0.2) is 53.8 Å². The topological polar surface area (TPSA) is 81.1 Å². The van der Waals surface area contributed by atoms with Gasteiger partial charge in [-0.15, -0.1) is 0 Å². The van der Waals surface area contributed by atoms with Crippen LogP contribution in [0.4, 0.5) is 0 Å². The lowest BCUT2D eigenvalue weighted by Crippen LogP contribution is -2.35. The minimum absolute atomic E-state index is 0.0731. The summed E-state index contributed by atoms with van der Waals surface area (Å²) in [6.45, 7) is 7.08. The summed E-state index contributed by atoms with van der Waals surface area (Å²) in [6.07, 6.45) is 2.44. The molecule has 37 heavy (non-hydrogen) atoms. The Bertz CT molecular complexity index is 1260. The van der Waals surface area contributed by atoms with Crippen LogP contribution in [0.1, 0.15) is 47.4 Å². The normalized spacial score (nSPS) is 17.8. The van der Waals surface area contributed by atoms with Gasteiger partial charge >= 0.3 is 5.97 Å². The van der Waals surface area contributed by atoms with Gasteiger partial charge in [0.05, 0.1) is 18.7 Å². The zero-order valence-corrected chi connectivity index (χ0v) is 21.7. The maximum absolute atomic E-state index is 11.1. The second kappa shape index (κ2) is 10.8. The van der Waals surface area contributed by atoms with E-state index in [1.54, 1.807) is 0 Å². The minimum Gasteiger partial charge on any atom is -0.493 e. The molecule has 0 amide bonds. The monoisotopic (exact) mass is 502 g/mol. The van der Waals surface area contributed by atoms with Crippen LogP contribution in [-0.2, 0) is 11.4 Å². The highest BCUT2D eigenvalue weighted by molar-refractivity contribution is 5.69. The van der Waals surface area contributed by atoms with Gasteiger partial charge in [0.1, 0.15) is 24.2 Å². The number of benzene rings is 2. The van der Waals surface area contributed by atoms with Crippen molar-refractivity contribution in [3.05, 3.63) is 70.8 Å². The van der Waals surface area contributed by atoms with Crippen LogP contribution in [0.25, 0.3) is 11.3 Å². The number of piperidine rings is 1. The minimum atomic E-state index is -0.815. The summed E-state index contributed by atoms with van der Waals surface area (Å²) in [7, 11) is 2.16. The molecule has 2 aliphatic heterocycles. The number of hydrogen-bond acceptors (Lipinski definition) is 6. The summed E-state index contributed by atoms with van der Waals surface area (Å²) >= 11 is 0. The average molecular weight is 503 g/mol. The summed E-state index contributed by atoms with van der Waals surface area (Å²) in [4.78, 5) is 18.2. The van der Waals surface area contributed by atoms with E-state index in [9.17, 15) is 4.79 Å². The van der Waals surface area contributed by atoms with Crippen molar-refractivity contribution in [1.82, 2.24) is 9.88 Å². The Hall–Kier alpha value is -3.58. The van der Waals surface area contributed by atoms with E-state index in [1.807, 2.05) is 36.4 Å². The van der Waals surface area contributed by atoms with Crippen LogP contribution < -0.4 is 14.2 Å². The van der Waals surface area contributed by atoms with Gasteiger partial charge in [0.2, 0.25) is 5.88 Å². The average Bonchev–Trinajstić information content (AvgIpc) is 3.25. The van der Waals surface area contributed by atoms with E-state index in [0.717, 1.165) is 70.9 Å². The number of carboxylic acids is 1. The van der Waals surface area contributed by atoms with Crippen molar-refractivity contribution in [1.29, 1.82) is 0 Å². The largest absolute Gasteiger partial charge is 0.493 e. The molecule has 0 aliphatic carbocycles. The first kappa shape index (κ1) is 25.1. The van der Waals surface area contributed by atoms with Crippen LogP contribution in [0.3, 0.4) is 0 Å². The molecule has 0 bridgehead atoms. The number of nitrogens with zero attached hydrogens (tertiary/aromatic N) is 2. The maximum atomic E-state index is 11.1. The zero-order chi connectivity index (χ0) is 25.9. The third kappa shape index (κ3) is 5.88. The summed E-state index contributed by atoms with van der Waals surface area (Å²) in [5, 5.41) is 9.10. The van der Waals surface area contributed by atoms with Crippen molar-refractivity contribution in [2.45, 2.75) is 51.7 Å². The lowest BCUT2D eigenvalue weighted by molar-refractivity contribution is -0.137. The Balaban J connectivity index is 1.26. The first-order chi connectivity index (χ1) is 17.9. The Kier molecular flexibility index (Phi) is 7.33. The van der Waals surface area contributed by atoms with Gasteiger partial charge in [-0.2, -0.15) is 0 Å². The number of rotatable bonds is 8. The molecule has 7 heteroatoms. The molecule has 1 N–H and O–H groups in total. The molecule has 3 aromatic rings. The van der Waals surface area contributed by atoms with Gasteiger partial charge in [0, 0.05) is 36.2 Å². The van der Waals surface area contributed by atoms with Gasteiger partial charge in [-0.25, -0.2) is 4.98 Å². The number of aliphatic carboxylic acids is 1. The zero-order valence-electron chi connectivity index (χ0n) is 21.7. The number of fused-ring (bicyclic) bond motifs is 1. The summed E-state index contributed by atoms with van der Waals surface area (Å²) in [5.74, 6) is 1.29. The van der Waals surface area contributed by atoms with E-state index in [2.05, 4.69) is 37.9 Å². The molecule has 0 radical (unpaired) electrons. The Morgan fingerprint density at radius 1 is 1.11 bits per heavy atom. The quantitative estimate of drug-likeness (QED) is 0.444. The lowest BCUT2D eigenvalue weighted by Gasteiger charge is -2.29. The molecule has 194 valence electrons. The molecule has 3 heterocycles. The van der Waals surface area contributed by atoms with Crippen LogP contribution in [0.2, 0.25) is 0 Å². The molecular weight excluding hydrogens is 468 g/mol. The van der Waals surface area contributed by atoms with Crippen molar-refractivity contribution in [2.75, 3.05) is 26.7 Å². The highest BCUT2D eigenvalue weighted by atomic mass is 16.5. The number of pyridine rings is 1. The fourth-order valence-electron chi connectivity index (χ4n) is 5.27.